The number of nitrogens with zero attached hydrogens (tertiary/aromatic N) is 1. The Balaban J connectivity index is 1.82. The summed E-state index contributed by atoms with van der Waals surface area (Å²) >= 11 is 4.79. The van der Waals surface area contributed by atoms with Gasteiger partial charge in [-0.15, -0.1) is 0 Å². The van der Waals surface area contributed by atoms with Gasteiger partial charge in [0, 0.05) is 10.7 Å². The molecule has 0 aliphatic carbocycles. The number of carbonyl (C=O) groups is 1. The predicted octanol–water partition coefficient (Wildman–Crippen LogP) is 3.22. The van der Waals surface area contributed by atoms with Crippen molar-refractivity contribution >= 4 is 58.4 Å². The Morgan fingerprint density at radius 1 is 1.17 bits per heavy atom. The molecule has 2 N–H and O–H groups in total. The van der Waals surface area contributed by atoms with Crippen molar-refractivity contribution in [3.63, 3.8) is 0 Å². The maximum Gasteiger partial charge on any atom is 0.270 e. The number of benzene rings is 2. The number of hydrazine groups is 1. The smallest absolute Gasteiger partial charge is 0.270 e. The second-order valence-corrected chi connectivity index (χ2v) is 8.82. The molecular weight excluding hydrogens is 414 g/mol. The number of hydrogen-bond acceptors (Lipinski definition) is 6. The molecule has 3 rings (SSSR count). The van der Waals surface area contributed by atoms with E-state index in [9.17, 15) is 13.2 Å². The molecule has 0 spiro atoms. The van der Waals surface area contributed by atoms with Crippen LogP contribution in [0.2, 0.25) is 0 Å². The minimum absolute atomic E-state index is 0.0173. The average molecular weight is 426 g/mol. The molecule has 0 atom stereocenters. The zero-order valence-electron chi connectivity index (χ0n) is 12.4. The van der Waals surface area contributed by atoms with Crippen LogP contribution >= 0.6 is 27.3 Å². The zero-order valence-corrected chi connectivity index (χ0v) is 15.6. The van der Waals surface area contributed by atoms with Crippen LogP contribution in [0.4, 0.5) is 5.13 Å². The molecule has 124 valence electrons. The summed E-state index contributed by atoms with van der Waals surface area (Å²) in [6, 6.07) is 11.7. The van der Waals surface area contributed by atoms with Crippen molar-refractivity contribution in [2.75, 3.05) is 11.7 Å². The van der Waals surface area contributed by atoms with Gasteiger partial charge in [-0.2, -0.15) is 0 Å². The molecule has 0 saturated heterocycles. The van der Waals surface area contributed by atoms with Crippen LogP contribution in [0.3, 0.4) is 0 Å². The molecule has 0 unspecified atom stereocenters. The topological polar surface area (TPSA) is 88.2 Å². The minimum Gasteiger partial charge on any atom is -0.273 e. The summed E-state index contributed by atoms with van der Waals surface area (Å²) in [5, 5.41) is 0.502. The van der Waals surface area contributed by atoms with Crippen molar-refractivity contribution in [1.82, 2.24) is 10.4 Å². The number of rotatable bonds is 4. The first-order chi connectivity index (χ1) is 11.4. The van der Waals surface area contributed by atoms with Gasteiger partial charge in [-0.05, 0) is 40.2 Å². The molecule has 1 amide bonds. The molecule has 3 aromatic rings. The summed E-state index contributed by atoms with van der Waals surface area (Å²) in [6.07, 6.45) is 1.07. The third-order valence-corrected chi connectivity index (χ3v) is 5.91. The van der Waals surface area contributed by atoms with Gasteiger partial charge in [0.2, 0.25) is 5.13 Å². The fourth-order valence-electron chi connectivity index (χ4n) is 2.12. The average Bonchev–Trinajstić information content (AvgIpc) is 2.96. The van der Waals surface area contributed by atoms with E-state index in [4.69, 9.17) is 0 Å². The molecule has 24 heavy (non-hydrogen) atoms. The lowest BCUT2D eigenvalue weighted by atomic mass is 10.2. The first-order valence-electron chi connectivity index (χ1n) is 6.77. The van der Waals surface area contributed by atoms with Crippen LogP contribution in [0.25, 0.3) is 10.2 Å². The van der Waals surface area contributed by atoms with Crippen LogP contribution in [0.1, 0.15) is 10.4 Å². The number of aromatic nitrogens is 1. The van der Waals surface area contributed by atoms with Gasteiger partial charge in [-0.1, -0.05) is 29.5 Å². The normalized spacial score (nSPS) is 11.4. The standard InChI is InChI=1S/C15H12BrN3O3S2/c1-24(21,22)12-8-3-2-5-9(12)14(20)18-19-15-17-13-10(16)6-4-7-11(13)23-15/h2-8H,1H3,(H,17,19)(H,18,20). The van der Waals surface area contributed by atoms with Gasteiger partial charge < -0.3 is 0 Å². The minimum atomic E-state index is -3.50. The quantitative estimate of drug-likeness (QED) is 0.626. The monoisotopic (exact) mass is 425 g/mol. The number of sulfone groups is 1. The Bertz CT molecular complexity index is 1030. The molecule has 0 saturated carbocycles. The molecule has 9 heteroatoms. The van der Waals surface area contributed by atoms with Gasteiger partial charge >= 0.3 is 0 Å². The number of hydrogen-bond donors (Lipinski definition) is 2. The van der Waals surface area contributed by atoms with E-state index >= 15 is 0 Å². The van der Waals surface area contributed by atoms with Crippen LogP contribution in [0.5, 0.6) is 0 Å². The van der Waals surface area contributed by atoms with Gasteiger partial charge in [0.1, 0.15) is 0 Å². The number of anilines is 1. The third-order valence-electron chi connectivity index (χ3n) is 3.18. The van der Waals surface area contributed by atoms with Gasteiger partial charge in [0.15, 0.2) is 9.84 Å². The summed E-state index contributed by atoms with van der Waals surface area (Å²) in [4.78, 5) is 16.7. The Hall–Kier alpha value is -1.97. The lowest BCUT2D eigenvalue weighted by molar-refractivity contribution is 0.0959. The van der Waals surface area contributed by atoms with Crippen molar-refractivity contribution in [3.05, 3.63) is 52.5 Å². The van der Waals surface area contributed by atoms with Crippen LogP contribution in [0.15, 0.2) is 51.8 Å². The van der Waals surface area contributed by atoms with E-state index < -0.39 is 15.7 Å². The van der Waals surface area contributed by atoms with Gasteiger partial charge in [-0.25, -0.2) is 13.4 Å². The summed E-state index contributed by atoms with van der Waals surface area (Å²) in [6.45, 7) is 0. The third kappa shape index (κ3) is 3.42. The van der Waals surface area contributed by atoms with E-state index in [1.54, 1.807) is 12.1 Å². The summed E-state index contributed by atoms with van der Waals surface area (Å²) in [5.41, 5.74) is 6.08. The van der Waals surface area contributed by atoms with Gasteiger partial charge in [0.05, 0.1) is 20.7 Å². The Kier molecular flexibility index (Phi) is 4.57. The van der Waals surface area contributed by atoms with E-state index in [1.165, 1.54) is 23.5 Å². The molecule has 1 heterocycles. The molecule has 0 aliphatic heterocycles. The van der Waals surface area contributed by atoms with E-state index in [2.05, 4.69) is 31.8 Å². The molecular formula is C15H12BrN3O3S2. The van der Waals surface area contributed by atoms with Gasteiger partial charge in [0.25, 0.3) is 5.91 Å². The number of carbonyl (C=O) groups excluding carboxylic acids is 1. The van der Waals surface area contributed by atoms with Gasteiger partial charge in [-0.3, -0.25) is 15.6 Å². The summed E-state index contributed by atoms with van der Waals surface area (Å²) in [5.74, 6) is -0.547. The van der Waals surface area contributed by atoms with Crippen molar-refractivity contribution in [2.24, 2.45) is 0 Å². The van der Waals surface area contributed by atoms with E-state index in [-0.39, 0.29) is 10.5 Å². The number of halogens is 1. The lowest BCUT2D eigenvalue weighted by Crippen LogP contribution is -2.30. The maximum absolute atomic E-state index is 12.3. The second-order valence-electron chi connectivity index (χ2n) is 4.95. The summed E-state index contributed by atoms with van der Waals surface area (Å²) < 4.78 is 25.4. The second kappa shape index (κ2) is 6.50. The molecule has 0 bridgehead atoms. The number of fused-ring (bicyclic) bond motifs is 1. The highest BCUT2D eigenvalue weighted by Gasteiger charge is 2.18. The largest absolute Gasteiger partial charge is 0.273 e. The van der Waals surface area contributed by atoms with E-state index in [1.807, 2.05) is 18.2 Å². The zero-order chi connectivity index (χ0) is 17.3. The highest BCUT2D eigenvalue weighted by atomic mass is 79.9. The fourth-order valence-corrected chi connectivity index (χ4v) is 4.44. The maximum atomic E-state index is 12.3. The Labute approximate surface area is 150 Å². The predicted molar refractivity (Wildman–Crippen MR) is 98.0 cm³/mol. The number of amides is 1. The first-order valence-corrected chi connectivity index (χ1v) is 10.3. The SMILES string of the molecule is CS(=O)(=O)c1ccccc1C(=O)NNc1nc2c(Br)cccc2s1. The highest BCUT2D eigenvalue weighted by molar-refractivity contribution is 9.10. The molecule has 0 fully saturated rings. The molecule has 6 nitrogen and oxygen atoms in total. The van der Waals surface area contributed by atoms with Crippen LogP contribution in [0, 0.1) is 0 Å². The molecule has 1 aromatic heterocycles. The number of nitrogens with one attached hydrogen (secondary N) is 2. The molecule has 2 aromatic carbocycles. The Morgan fingerprint density at radius 2 is 1.92 bits per heavy atom. The summed E-state index contributed by atoms with van der Waals surface area (Å²) in [7, 11) is -3.50. The van der Waals surface area contributed by atoms with Crippen molar-refractivity contribution in [1.29, 1.82) is 0 Å². The van der Waals surface area contributed by atoms with Crippen molar-refractivity contribution in [3.8, 4) is 0 Å². The highest BCUT2D eigenvalue weighted by Crippen LogP contribution is 2.30. The fraction of sp³-hybridized carbons (Fsp3) is 0.0667. The molecule has 0 radical (unpaired) electrons. The lowest BCUT2D eigenvalue weighted by Gasteiger charge is -2.09. The first kappa shape index (κ1) is 16.9. The van der Waals surface area contributed by atoms with Crippen LogP contribution in [-0.4, -0.2) is 25.6 Å². The number of thiazole rings is 1. The Morgan fingerprint density at radius 3 is 2.62 bits per heavy atom. The number of para-hydroxylation sites is 1. The molecule has 0 aliphatic rings. The van der Waals surface area contributed by atoms with Crippen molar-refractivity contribution < 1.29 is 13.2 Å². The van der Waals surface area contributed by atoms with E-state index in [0.717, 1.165) is 20.9 Å². The van der Waals surface area contributed by atoms with Crippen LogP contribution in [-0.2, 0) is 9.84 Å². The van der Waals surface area contributed by atoms with E-state index in [0.29, 0.717) is 5.13 Å². The van der Waals surface area contributed by atoms with Crippen LogP contribution < -0.4 is 10.9 Å². The van der Waals surface area contributed by atoms with Crippen molar-refractivity contribution in [2.45, 2.75) is 4.90 Å².